The summed E-state index contributed by atoms with van der Waals surface area (Å²) in [5.74, 6) is -3.32. The summed E-state index contributed by atoms with van der Waals surface area (Å²) >= 11 is 0. The van der Waals surface area contributed by atoms with Gasteiger partial charge >= 0.3 is 6.18 Å². The van der Waals surface area contributed by atoms with Gasteiger partial charge in [0.25, 0.3) is 5.92 Å². The van der Waals surface area contributed by atoms with Crippen molar-refractivity contribution in [1.82, 2.24) is 0 Å². The molecule has 0 radical (unpaired) electrons. The van der Waals surface area contributed by atoms with E-state index < -0.39 is 23.2 Å². The van der Waals surface area contributed by atoms with Crippen LogP contribution in [0.2, 0.25) is 0 Å². The number of halogens is 5. The topological polar surface area (TPSA) is 0 Å². The number of rotatable bonds is 3. The summed E-state index contributed by atoms with van der Waals surface area (Å²) < 4.78 is 65.5. The second kappa shape index (κ2) is 5.71. The third-order valence-corrected chi connectivity index (χ3v) is 3.36. The van der Waals surface area contributed by atoms with Crippen molar-refractivity contribution in [1.29, 1.82) is 0 Å². The maximum atomic E-state index is 13.4. The Morgan fingerprint density at radius 1 is 0.773 bits per heavy atom. The average molecular weight is 314 g/mol. The van der Waals surface area contributed by atoms with Gasteiger partial charge in [0.05, 0.1) is 5.56 Å². The van der Waals surface area contributed by atoms with E-state index in [1.807, 2.05) is 19.1 Å². The molecule has 22 heavy (non-hydrogen) atoms. The van der Waals surface area contributed by atoms with Crippen molar-refractivity contribution in [2.75, 3.05) is 0 Å². The minimum absolute atomic E-state index is 0.174. The second-order valence-corrected chi connectivity index (χ2v) is 5.47. The molecule has 0 nitrogen and oxygen atoms in total. The molecule has 0 saturated carbocycles. The molecular weight excluding hydrogens is 299 g/mol. The third-order valence-electron chi connectivity index (χ3n) is 3.36. The van der Waals surface area contributed by atoms with Crippen LogP contribution < -0.4 is 0 Å². The predicted molar refractivity (Wildman–Crippen MR) is 75.0 cm³/mol. The van der Waals surface area contributed by atoms with Gasteiger partial charge in [-0.15, -0.1) is 0 Å². The van der Waals surface area contributed by atoms with E-state index >= 15 is 0 Å². The standard InChI is InChI=1S/C17H15F5/c1-11-3-5-12(6-4-11)7-13-8-14(16(2,18)19)10-15(9-13)17(20,21)22/h3-6,8-10H,7H2,1-2H3. The first-order valence-corrected chi connectivity index (χ1v) is 6.71. The fourth-order valence-electron chi connectivity index (χ4n) is 2.15. The molecule has 0 aliphatic rings. The van der Waals surface area contributed by atoms with Crippen molar-refractivity contribution in [3.8, 4) is 0 Å². The first-order valence-electron chi connectivity index (χ1n) is 6.71. The zero-order valence-electron chi connectivity index (χ0n) is 12.1. The van der Waals surface area contributed by atoms with Crippen LogP contribution in [0.15, 0.2) is 42.5 Å². The molecule has 0 N–H and O–H groups in total. The van der Waals surface area contributed by atoms with E-state index in [9.17, 15) is 22.0 Å². The van der Waals surface area contributed by atoms with Crippen LogP contribution in [0.3, 0.4) is 0 Å². The Labute approximate surface area is 125 Å². The van der Waals surface area contributed by atoms with E-state index in [0.717, 1.165) is 23.3 Å². The summed E-state index contributed by atoms with van der Waals surface area (Å²) in [6, 6.07) is 9.79. The molecule has 0 atom stereocenters. The molecular formula is C17H15F5. The van der Waals surface area contributed by atoms with Gasteiger partial charge in [-0.2, -0.15) is 13.2 Å². The third kappa shape index (κ3) is 4.06. The van der Waals surface area contributed by atoms with E-state index in [2.05, 4.69) is 0 Å². The average Bonchev–Trinajstić information content (AvgIpc) is 2.39. The van der Waals surface area contributed by atoms with Crippen LogP contribution in [0, 0.1) is 6.92 Å². The monoisotopic (exact) mass is 314 g/mol. The van der Waals surface area contributed by atoms with Crippen molar-refractivity contribution in [3.05, 3.63) is 70.3 Å². The summed E-state index contributed by atoms with van der Waals surface area (Å²) in [6.45, 7) is 2.49. The number of benzene rings is 2. The Morgan fingerprint density at radius 2 is 1.32 bits per heavy atom. The molecule has 0 amide bonds. The summed E-state index contributed by atoms with van der Waals surface area (Å²) in [6.07, 6.45) is -4.48. The maximum absolute atomic E-state index is 13.4. The number of hydrogen-bond donors (Lipinski definition) is 0. The number of hydrogen-bond acceptors (Lipinski definition) is 0. The lowest BCUT2D eigenvalue weighted by atomic mass is 9.97. The van der Waals surface area contributed by atoms with Gasteiger partial charge in [0.2, 0.25) is 0 Å². The lowest BCUT2D eigenvalue weighted by Crippen LogP contribution is -2.12. The van der Waals surface area contributed by atoms with Crippen LogP contribution in [0.25, 0.3) is 0 Å². The fraction of sp³-hybridized carbons (Fsp3) is 0.294. The Bertz CT molecular complexity index is 616. The van der Waals surface area contributed by atoms with Crippen LogP contribution in [0.1, 0.15) is 34.7 Å². The first kappa shape index (κ1) is 16.5. The second-order valence-electron chi connectivity index (χ2n) is 5.47. The van der Waals surface area contributed by atoms with E-state index in [1.165, 1.54) is 0 Å². The Hall–Kier alpha value is -1.91. The maximum Gasteiger partial charge on any atom is 0.416 e. The normalized spacial score (nSPS) is 12.5. The van der Waals surface area contributed by atoms with Crippen LogP contribution in [-0.4, -0.2) is 0 Å². The molecule has 0 fully saturated rings. The summed E-state index contributed by atoms with van der Waals surface area (Å²) in [5.41, 5.74) is 0.345. The molecule has 0 aliphatic carbocycles. The molecule has 0 aliphatic heterocycles. The summed E-state index contributed by atoms with van der Waals surface area (Å²) in [5, 5.41) is 0. The van der Waals surface area contributed by atoms with Crippen molar-refractivity contribution in [2.24, 2.45) is 0 Å². The summed E-state index contributed by atoms with van der Waals surface area (Å²) in [7, 11) is 0. The smallest absolute Gasteiger partial charge is 0.202 e. The van der Waals surface area contributed by atoms with Gasteiger partial charge in [0.1, 0.15) is 0 Å². The molecule has 5 heteroatoms. The van der Waals surface area contributed by atoms with Gasteiger partial charge < -0.3 is 0 Å². The zero-order valence-corrected chi connectivity index (χ0v) is 12.1. The van der Waals surface area contributed by atoms with E-state index in [1.54, 1.807) is 12.1 Å². The quantitative estimate of drug-likeness (QED) is 0.636. The number of aryl methyl sites for hydroxylation is 1. The zero-order chi connectivity index (χ0) is 16.5. The Balaban J connectivity index is 2.44. The molecule has 0 spiro atoms. The Morgan fingerprint density at radius 3 is 1.82 bits per heavy atom. The number of alkyl halides is 5. The molecule has 0 aromatic heterocycles. The van der Waals surface area contributed by atoms with Gasteiger partial charge in [-0.25, -0.2) is 8.78 Å². The van der Waals surface area contributed by atoms with Crippen molar-refractivity contribution < 1.29 is 22.0 Å². The van der Waals surface area contributed by atoms with Gasteiger partial charge in [0, 0.05) is 12.5 Å². The van der Waals surface area contributed by atoms with Crippen molar-refractivity contribution >= 4 is 0 Å². The molecule has 0 unspecified atom stereocenters. The largest absolute Gasteiger partial charge is 0.416 e. The fourth-order valence-corrected chi connectivity index (χ4v) is 2.15. The van der Waals surface area contributed by atoms with Gasteiger partial charge in [-0.05, 0) is 42.7 Å². The molecule has 2 aromatic carbocycles. The lowest BCUT2D eigenvalue weighted by Gasteiger charge is -2.16. The van der Waals surface area contributed by atoms with Crippen molar-refractivity contribution in [3.63, 3.8) is 0 Å². The highest BCUT2D eigenvalue weighted by atomic mass is 19.4. The first-order chi connectivity index (χ1) is 10.1. The molecule has 0 heterocycles. The van der Waals surface area contributed by atoms with Gasteiger partial charge in [-0.1, -0.05) is 29.8 Å². The Kier molecular flexibility index (Phi) is 4.27. The highest BCUT2D eigenvalue weighted by Gasteiger charge is 2.34. The minimum Gasteiger partial charge on any atom is -0.202 e. The molecule has 2 aromatic rings. The van der Waals surface area contributed by atoms with Crippen LogP contribution in [-0.2, 0) is 18.5 Å². The SMILES string of the molecule is Cc1ccc(Cc2cc(C(C)(F)F)cc(C(F)(F)F)c2)cc1. The van der Waals surface area contributed by atoms with Crippen LogP contribution >= 0.6 is 0 Å². The molecule has 0 saturated heterocycles. The molecule has 0 bridgehead atoms. The molecule has 118 valence electrons. The predicted octanol–water partition coefficient (Wildman–Crippen LogP) is 5.72. The van der Waals surface area contributed by atoms with Crippen LogP contribution in [0.5, 0.6) is 0 Å². The van der Waals surface area contributed by atoms with Crippen LogP contribution in [0.4, 0.5) is 22.0 Å². The van der Waals surface area contributed by atoms with E-state index in [0.29, 0.717) is 13.0 Å². The van der Waals surface area contributed by atoms with Crippen molar-refractivity contribution in [2.45, 2.75) is 32.4 Å². The van der Waals surface area contributed by atoms with Gasteiger partial charge in [0.15, 0.2) is 0 Å². The highest BCUT2D eigenvalue weighted by Crippen LogP contribution is 2.35. The minimum atomic E-state index is -4.65. The van der Waals surface area contributed by atoms with E-state index in [4.69, 9.17) is 0 Å². The lowest BCUT2D eigenvalue weighted by molar-refractivity contribution is -0.137. The highest BCUT2D eigenvalue weighted by molar-refractivity contribution is 5.37. The summed E-state index contributed by atoms with van der Waals surface area (Å²) in [4.78, 5) is 0. The molecule has 2 rings (SSSR count). The van der Waals surface area contributed by atoms with Gasteiger partial charge in [-0.3, -0.25) is 0 Å². The van der Waals surface area contributed by atoms with E-state index in [-0.39, 0.29) is 12.0 Å².